The van der Waals surface area contributed by atoms with E-state index in [9.17, 15) is 9.59 Å². The van der Waals surface area contributed by atoms with Gasteiger partial charge < -0.3 is 14.3 Å². The molecule has 5 heteroatoms. The minimum absolute atomic E-state index is 0.189. The summed E-state index contributed by atoms with van der Waals surface area (Å²) < 4.78 is 6.55. The fourth-order valence-corrected chi connectivity index (χ4v) is 2.28. The van der Waals surface area contributed by atoms with E-state index in [2.05, 4.69) is 16.8 Å². The van der Waals surface area contributed by atoms with Gasteiger partial charge in [-0.1, -0.05) is 18.8 Å². The van der Waals surface area contributed by atoms with Gasteiger partial charge in [-0.2, -0.15) is 0 Å². The quantitative estimate of drug-likeness (QED) is 0.679. The normalized spacial score (nSPS) is 10.3. The molecular weight excluding hydrogens is 268 g/mol. The molecule has 2 rings (SSSR count). The number of rotatable bonds is 2. The highest BCUT2D eigenvalue weighted by molar-refractivity contribution is 6.07. The van der Waals surface area contributed by atoms with E-state index in [4.69, 9.17) is 4.74 Å². The molecule has 0 saturated heterocycles. The lowest BCUT2D eigenvalue weighted by Gasteiger charge is -2.04. The van der Waals surface area contributed by atoms with E-state index in [1.165, 1.54) is 4.57 Å². The summed E-state index contributed by atoms with van der Waals surface area (Å²) in [5.41, 5.74) is 1.87. The summed E-state index contributed by atoms with van der Waals surface area (Å²) in [5, 5.41) is 0.551. The molecule has 0 unspecified atom stereocenters. The number of pyridine rings is 1. The third kappa shape index (κ3) is 2.57. The zero-order chi connectivity index (χ0) is 15.6. The van der Waals surface area contributed by atoms with E-state index in [1.807, 2.05) is 6.92 Å². The molecule has 2 heterocycles. The zero-order valence-corrected chi connectivity index (χ0v) is 12.7. The van der Waals surface area contributed by atoms with Crippen LogP contribution in [0, 0.1) is 18.8 Å². The average molecular weight is 286 g/mol. The minimum Gasteiger partial charge on any atom is -0.462 e. The molecule has 0 fully saturated rings. The lowest BCUT2D eigenvalue weighted by Crippen LogP contribution is -2.17. The van der Waals surface area contributed by atoms with E-state index in [0.717, 1.165) is 0 Å². The third-order valence-electron chi connectivity index (χ3n) is 3.19. The number of H-pyrrole nitrogens is 1. The number of fused-ring (bicyclic) bond motifs is 1. The molecule has 0 spiro atoms. The van der Waals surface area contributed by atoms with Crippen LogP contribution in [0.25, 0.3) is 10.9 Å². The first kappa shape index (κ1) is 14.9. The van der Waals surface area contributed by atoms with Gasteiger partial charge in [-0.05, 0) is 13.8 Å². The van der Waals surface area contributed by atoms with Crippen molar-refractivity contribution in [1.29, 1.82) is 0 Å². The van der Waals surface area contributed by atoms with Crippen molar-refractivity contribution in [3.63, 3.8) is 0 Å². The van der Waals surface area contributed by atoms with Crippen molar-refractivity contribution in [1.82, 2.24) is 9.55 Å². The Labute approximate surface area is 122 Å². The molecule has 0 bridgehead atoms. The van der Waals surface area contributed by atoms with Crippen molar-refractivity contribution >= 4 is 16.9 Å². The molecule has 0 aliphatic heterocycles. The number of ether oxygens (including phenoxy) is 1. The molecule has 5 nitrogen and oxygen atoms in total. The smallest absolute Gasteiger partial charge is 0.340 e. The van der Waals surface area contributed by atoms with Crippen LogP contribution >= 0.6 is 0 Å². The van der Waals surface area contributed by atoms with Crippen molar-refractivity contribution in [3.8, 4) is 11.8 Å². The molecule has 0 aromatic carbocycles. The molecule has 2 aromatic heterocycles. The zero-order valence-electron chi connectivity index (χ0n) is 12.7. The van der Waals surface area contributed by atoms with Crippen molar-refractivity contribution in [2.45, 2.75) is 27.2 Å². The van der Waals surface area contributed by atoms with Gasteiger partial charge in [-0.3, -0.25) is 4.79 Å². The Balaban J connectivity index is 2.87. The van der Waals surface area contributed by atoms with Gasteiger partial charge >= 0.3 is 5.97 Å². The van der Waals surface area contributed by atoms with Gasteiger partial charge in [0.2, 0.25) is 0 Å². The van der Waals surface area contributed by atoms with E-state index in [0.29, 0.717) is 34.1 Å². The molecule has 0 aliphatic rings. The summed E-state index contributed by atoms with van der Waals surface area (Å²) >= 11 is 0. The highest BCUT2D eigenvalue weighted by Crippen LogP contribution is 2.24. The number of nitrogens with one attached hydrogen (secondary N) is 1. The lowest BCUT2D eigenvalue weighted by molar-refractivity contribution is 0.0528. The second kappa shape index (κ2) is 5.88. The number of aromatic amines is 1. The van der Waals surface area contributed by atoms with Crippen molar-refractivity contribution in [2.75, 3.05) is 6.61 Å². The van der Waals surface area contributed by atoms with Crippen LogP contribution in [0.5, 0.6) is 0 Å². The predicted molar refractivity (Wildman–Crippen MR) is 81.4 cm³/mol. The molecular formula is C16H18N2O3. The fourth-order valence-electron chi connectivity index (χ4n) is 2.28. The Morgan fingerprint density at radius 1 is 1.43 bits per heavy atom. The lowest BCUT2D eigenvalue weighted by atomic mass is 10.1. The molecule has 2 aromatic rings. The summed E-state index contributed by atoms with van der Waals surface area (Å²) in [6, 6.07) is 0. The summed E-state index contributed by atoms with van der Waals surface area (Å²) in [5.74, 6) is 5.56. The van der Waals surface area contributed by atoms with Gasteiger partial charge in [-0.25, -0.2) is 4.79 Å². The first-order valence-corrected chi connectivity index (χ1v) is 6.89. The van der Waals surface area contributed by atoms with Crippen molar-refractivity contribution in [3.05, 3.63) is 33.4 Å². The summed E-state index contributed by atoms with van der Waals surface area (Å²) in [4.78, 5) is 27.4. The number of hydrogen-bond donors (Lipinski definition) is 1. The van der Waals surface area contributed by atoms with Gasteiger partial charge in [0, 0.05) is 30.7 Å². The largest absolute Gasteiger partial charge is 0.462 e. The van der Waals surface area contributed by atoms with Crippen molar-refractivity contribution < 1.29 is 9.53 Å². The molecule has 21 heavy (non-hydrogen) atoms. The first-order valence-electron chi connectivity index (χ1n) is 6.89. The maximum absolute atomic E-state index is 12.2. The Bertz CT molecular complexity index is 816. The second-order valence-corrected chi connectivity index (χ2v) is 4.71. The Hall–Kier alpha value is -2.48. The van der Waals surface area contributed by atoms with Crippen LogP contribution < -0.4 is 5.56 Å². The fraction of sp³-hybridized carbons (Fsp3) is 0.375. The second-order valence-electron chi connectivity index (χ2n) is 4.71. The molecule has 0 radical (unpaired) electrons. The van der Waals surface area contributed by atoms with Crippen LogP contribution in [-0.4, -0.2) is 22.1 Å². The number of aryl methyl sites for hydroxylation is 2. The topological polar surface area (TPSA) is 64.1 Å². The standard InChI is InChI=1S/C16H18N2O3/c1-5-7-8-11-9-18(4)15(19)14-13(11)12(10(3)17-14)16(20)21-6-2/h9,17H,5-6H2,1-4H3. The van der Waals surface area contributed by atoms with E-state index in [-0.39, 0.29) is 12.2 Å². The number of nitrogens with zero attached hydrogens (tertiary/aromatic N) is 1. The van der Waals surface area contributed by atoms with Crippen LogP contribution in [-0.2, 0) is 11.8 Å². The SMILES string of the molecule is CCC#Cc1cn(C)c(=O)c2[nH]c(C)c(C(=O)OCC)c12. The Kier molecular flexibility index (Phi) is 4.18. The van der Waals surface area contributed by atoms with Crippen LogP contribution in [0.2, 0.25) is 0 Å². The molecule has 0 aliphatic carbocycles. The summed E-state index contributed by atoms with van der Waals surface area (Å²) in [7, 11) is 1.67. The first-order chi connectivity index (χ1) is 10.0. The highest BCUT2D eigenvalue weighted by atomic mass is 16.5. The predicted octanol–water partition coefficient (Wildman–Crippen LogP) is 2.11. The molecule has 110 valence electrons. The van der Waals surface area contributed by atoms with Gasteiger partial charge in [0.1, 0.15) is 5.52 Å². The Morgan fingerprint density at radius 3 is 2.76 bits per heavy atom. The van der Waals surface area contributed by atoms with E-state index < -0.39 is 5.97 Å². The van der Waals surface area contributed by atoms with Crippen LogP contribution in [0.3, 0.4) is 0 Å². The van der Waals surface area contributed by atoms with Crippen LogP contribution in [0.15, 0.2) is 11.0 Å². The van der Waals surface area contributed by atoms with E-state index >= 15 is 0 Å². The minimum atomic E-state index is -0.436. The number of aromatic nitrogens is 2. The number of hydrogen-bond acceptors (Lipinski definition) is 3. The summed E-state index contributed by atoms with van der Waals surface area (Å²) in [6.07, 6.45) is 2.35. The average Bonchev–Trinajstić information content (AvgIpc) is 2.79. The number of esters is 1. The van der Waals surface area contributed by atoms with Crippen LogP contribution in [0.4, 0.5) is 0 Å². The summed E-state index contributed by atoms with van der Waals surface area (Å²) in [6.45, 7) is 5.73. The molecule has 1 N–H and O–H groups in total. The van der Waals surface area contributed by atoms with Crippen LogP contribution in [0.1, 0.15) is 41.9 Å². The molecule has 0 saturated carbocycles. The maximum Gasteiger partial charge on any atom is 0.340 e. The molecule has 0 amide bonds. The van der Waals surface area contributed by atoms with Gasteiger partial charge in [0.25, 0.3) is 5.56 Å². The maximum atomic E-state index is 12.2. The monoisotopic (exact) mass is 286 g/mol. The third-order valence-corrected chi connectivity index (χ3v) is 3.19. The van der Waals surface area contributed by atoms with Crippen molar-refractivity contribution in [2.24, 2.45) is 7.05 Å². The molecule has 0 atom stereocenters. The van der Waals surface area contributed by atoms with Gasteiger partial charge in [-0.15, -0.1) is 0 Å². The number of carbonyl (C=O) groups is 1. The van der Waals surface area contributed by atoms with Gasteiger partial charge in [0.05, 0.1) is 17.7 Å². The van der Waals surface area contributed by atoms with E-state index in [1.54, 1.807) is 27.1 Å². The highest BCUT2D eigenvalue weighted by Gasteiger charge is 2.21. The van der Waals surface area contributed by atoms with Gasteiger partial charge in [0.15, 0.2) is 0 Å². The number of carbonyl (C=O) groups excluding carboxylic acids is 1. The Morgan fingerprint density at radius 2 is 2.14 bits per heavy atom.